The standard InChI is InChI=1S/C17H22N3O4S2/c1-11(2)24-16(21)19-12-6-7-13(14-9-18-10-25-14)15(8-12)26(22,23)20-17(3,4)5/h6-9,11,20H,1-5H3,(H,19,21). The second-order valence-corrected chi connectivity index (χ2v) is 9.44. The zero-order valence-electron chi connectivity index (χ0n) is 15.3. The van der Waals surface area contributed by atoms with Gasteiger partial charge in [0.2, 0.25) is 10.0 Å². The second-order valence-electron chi connectivity index (χ2n) is 6.96. The zero-order valence-corrected chi connectivity index (χ0v) is 16.9. The highest BCUT2D eigenvalue weighted by Crippen LogP contribution is 2.32. The number of carbonyl (C=O) groups excluding carboxylic acids is 1. The Morgan fingerprint density at radius 2 is 2.00 bits per heavy atom. The van der Waals surface area contributed by atoms with Crippen molar-refractivity contribution < 1.29 is 17.9 Å². The lowest BCUT2D eigenvalue weighted by atomic mass is 10.1. The second kappa shape index (κ2) is 7.73. The van der Waals surface area contributed by atoms with Crippen molar-refractivity contribution in [3.05, 3.63) is 29.9 Å². The molecule has 2 aromatic rings. The fraction of sp³-hybridized carbons (Fsp3) is 0.412. The maximum Gasteiger partial charge on any atom is 0.411 e. The van der Waals surface area contributed by atoms with Crippen molar-refractivity contribution in [2.24, 2.45) is 0 Å². The van der Waals surface area contributed by atoms with E-state index in [0.717, 1.165) is 0 Å². The van der Waals surface area contributed by atoms with Crippen molar-refractivity contribution in [1.29, 1.82) is 0 Å². The van der Waals surface area contributed by atoms with Crippen LogP contribution in [-0.2, 0) is 14.8 Å². The van der Waals surface area contributed by atoms with Gasteiger partial charge in [-0.15, -0.1) is 11.3 Å². The van der Waals surface area contributed by atoms with Gasteiger partial charge in [-0.05, 0) is 46.8 Å². The average Bonchev–Trinajstić information content (AvgIpc) is 2.97. The Kier molecular flexibility index (Phi) is 6.05. The van der Waals surface area contributed by atoms with Crippen LogP contribution in [-0.4, -0.2) is 31.1 Å². The van der Waals surface area contributed by atoms with E-state index in [1.54, 1.807) is 52.9 Å². The number of aromatic nitrogens is 1. The highest BCUT2D eigenvalue weighted by Gasteiger charge is 2.26. The molecule has 1 radical (unpaired) electrons. The molecule has 0 aliphatic heterocycles. The molecule has 0 unspecified atom stereocenters. The number of nitrogens with one attached hydrogen (secondary N) is 2. The number of sulfonamides is 1. The van der Waals surface area contributed by atoms with Crippen molar-refractivity contribution in [3.8, 4) is 10.4 Å². The van der Waals surface area contributed by atoms with Crippen LogP contribution in [0.3, 0.4) is 0 Å². The monoisotopic (exact) mass is 396 g/mol. The lowest BCUT2D eigenvalue weighted by Crippen LogP contribution is -2.40. The molecule has 26 heavy (non-hydrogen) atoms. The molecule has 0 atom stereocenters. The molecule has 0 saturated carbocycles. The number of ether oxygens (including phenoxy) is 1. The SMILES string of the molecule is CC(C)OC(=O)Nc1ccc(-c2cn[c]s2)c(S(=O)(=O)NC(C)(C)C)c1. The highest BCUT2D eigenvalue weighted by atomic mass is 32.2. The van der Waals surface area contributed by atoms with E-state index >= 15 is 0 Å². The summed E-state index contributed by atoms with van der Waals surface area (Å²) in [4.78, 5) is 16.4. The lowest BCUT2D eigenvalue weighted by Gasteiger charge is -2.22. The first-order valence-electron chi connectivity index (χ1n) is 7.96. The predicted octanol–water partition coefficient (Wildman–Crippen LogP) is 3.64. The molecule has 9 heteroatoms. The van der Waals surface area contributed by atoms with Crippen molar-refractivity contribution >= 4 is 33.1 Å². The van der Waals surface area contributed by atoms with Crippen LogP contribution < -0.4 is 10.0 Å². The third-order valence-electron chi connectivity index (χ3n) is 2.96. The van der Waals surface area contributed by atoms with E-state index in [-0.39, 0.29) is 11.0 Å². The molecular formula is C17H22N3O4S2. The number of thiazole rings is 1. The van der Waals surface area contributed by atoms with Gasteiger partial charge in [0, 0.05) is 23.0 Å². The first kappa shape index (κ1) is 20.3. The summed E-state index contributed by atoms with van der Waals surface area (Å²) >= 11 is 1.21. The molecule has 0 fully saturated rings. The quantitative estimate of drug-likeness (QED) is 0.804. The predicted molar refractivity (Wildman–Crippen MR) is 102 cm³/mol. The van der Waals surface area contributed by atoms with E-state index in [0.29, 0.717) is 16.1 Å². The fourth-order valence-electron chi connectivity index (χ4n) is 2.16. The molecule has 1 heterocycles. The van der Waals surface area contributed by atoms with E-state index in [2.05, 4.69) is 20.5 Å². The van der Waals surface area contributed by atoms with Crippen LogP contribution in [0.25, 0.3) is 10.4 Å². The number of nitrogens with zero attached hydrogens (tertiary/aromatic N) is 1. The molecule has 2 rings (SSSR count). The minimum atomic E-state index is -3.83. The summed E-state index contributed by atoms with van der Waals surface area (Å²) in [6.45, 7) is 8.73. The number of anilines is 1. The Morgan fingerprint density at radius 1 is 1.31 bits per heavy atom. The van der Waals surface area contributed by atoms with Gasteiger partial charge >= 0.3 is 6.09 Å². The Labute approximate surface area is 157 Å². The smallest absolute Gasteiger partial charge is 0.411 e. The van der Waals surface area contributed by atoms with Crippen molar-refractivity contribution in [2.45, 2.75) is 51.2 Å². The summed E-state index contributed by atoms with van der Waals surface area (Å²) in [6.07, 6.45) is 0.620. The molecular weight excluding hydrogens is 374 g/mol. The van der Waals surface area contributed by atoms with Crippen LogP contribution in [0.5, 0.6) is 0 Å². The average molecular weight is 397 g/mol. The number of hydrogen-bond acceptors (Lipinski definition) is 6. The van der Waals surface area contributed by atoms with Gasteiger partial charge < -0.3 is 4.74 Å². The van der Waals surface area contributed by atoms with Gasteiger partial charge in [0.05, 0.1) is 15.9 Å². The normalized spacial score (nSPS) is 12.2. The van der Waals surface area contributed by atoms with Gasteiger partial charge in [-0.1, -0.05) is 6.07 Å². The molecule has 1 amide bonds. The highest BCUT2D eigenvalue weighted by molar-refractivity contribution is 7.89. The Morgan fingerprint density at radius 3 is 2.54 bits per heavy atom. The first-order chi connectivity index (χ1) is 12.0. The van der Waals surface area contributed by atoms with E-state index in [1.807, 2.05) is 0 Å². The van der Waals surface area contributed by atoms with E-state index in [4.69, 9.17) is 4.74 Å². The summed E-state index contributed by atoms with van der Waals surface area (Å²) in [6, 6.07) is 4.65. The number of carbonyl (C=O) groups is 1. The molecule has 7 nitrogen and oxygen atoms in total. The van der Waals surface area contributed by atoms with Crippen LogP contribution in [0.4, 0.5) is 10.5 Å². The molecule has 0 spiro atoms. The van der Waals surface area contributed by atoms with Gasteiger partial charge in [-0.3, -0.25) is 5.32 Å². The van der Waals surface area contributed by atoms with Crippen LogP contribution in [0, 0.1) is 5.51 Å². The number of amides is 1. The Bertz CT molecular complexity index is 870. The molecule has 141 valence electrons. The molecule has 0 aliphatic rings. The van der Waals surface area contributed by atoms with Crippen molar-refractivity contribution in [1.82, 2.24) is 9.71 Å². The lowest BCUT2D eigenvalue weighted by molar-refractivity contribution is 0.130. The maximum absolute atomic E-state index is 12.9. The van der Waals surface area contributed by atoms with Crippen molar-refractivity contribution in [3.63, 3.8) is 0 Å². The minimum absolute atomic E-state index is 0.0485. The largest absolute Gasteiger partial charge is 0.447 e. The minimum Gasteiger partial charge on any atom is -0.447 e. The number of benzene rings is 1. The fourth-order valence-corrected chi connectivity index (χ4v) is 4.48. The number of hydrogen-bond donors (Lipinski definition) is 2. The molecule has 0 bridgehead atoms. The Hall–Kier alpha value is -1.97. The summed E-state index contributed by atoms with van der Waals surface area (Å²) in [5, 5.41) is 2.55. The van der Waals surface area contributed by atoms with Gasteiger partial charge in [0.15, 0.2) is 5.51 Å². The van der Waals surface area contributed by atoms with E-state index in [1.165, 1.54) is 17.4 Å². The molecule has 2 N–H and O–H groups in total. The maximum atomic E-state index is 12.9. The van der Waals surface area contributed by atoms with Gasteiger partial charge in [0.25, 0.3) is 0 Å². The summed E-state index contributed by atoms with van der Waals surface area (Å²) < 4.78 is 33.5. The van der Waals surface area contributed by atoms with Gasteiger partial charge in [0.1, 0.15) is 0 Å². The van der Waals surface area contributed by atoms with Crippen LogP contribution in [0.15, 0.2) is 29.3 Å². The third kappa shape index (κ3) is 5.52. The van der Waals surface area contributed by atoms with Gasteiger partial charge in [-0.25, -0.2) is 22.9 Å². The Balaban J connectivity index is 2.47. The first-order valence-corrected chi connectivity index (χ1v) is 10.3. The van der Waals surface area contributed by atoms with E-state index in [9.17, 15) is 13.2 Å². The summed E-state index contributed by atoms with van der Waals surface area (Å²) in [7, 11) is -3.83. The van der Waals surface area contributed by atoms with E-state index < -0.39 is 21.7 Å². The van der Waals surface area contributed by atoms with Crippen LogP contribution in [0.1, 0.15) is 34.6 Å². The number of rotatable bonds is 5. The third-order valence-corrected chi connectivity index (χ3v) is 5.50. The summed E-state index contributed by atoms with van der Waals surface area (Å²) in [5.74, 6) is 0. The molecule has 0 aliphatic carbocycles. The molecule has 1 aromatic carbocycles. The molecule has 1 aromatic heterocycles. The topological polar surface area (TPSA) is 97.4 Å². The van der Waals surface area contributed by atoms with Crippen LogP contribution in [0.2, 0.25) is 0 Å². The molecule has 0 saturated heterocycles. The zero-order chi connectivity index (χ0) is 19.5. The van der Waals surface area contributed by atoms with Crippen molar-refractivity contribution in [2.75, 3.05) is 5.32 Å². The summed E-state index contributed by atoms with van der Waals surface area (Å²) in [5.41, 5.74) is 2.86. The van der Waals surface area contributed by atoms with Gasteiger partial charge in [-0.2, -0.15) is 0 Å². The van der Waals surface area contributed by atoms with Crippen LogP contribution >= 0.6 is 11.3 Å².